The minimum Gasteiger partial charge on any atom is -0.444 e. The Labute approximate surface area is 329 Å². The van der Waals surface area contributed by atoms with Crippen LogP contribution in [-0.2, 0) is 45.3 Å². The molecule has 57 heavy (non-hydrogen) atoms. The Balaban J connectivity index is 0.000000169. The van der Waals surface area contributed by atoms with Crippen molar-refractivity contribution in [2.24, 2.45) is 0 Å². The van der Waals surface area contributed by atoms with Gasteiger partial charge in [-0.3, -0.25) is 25.2 Å². The summed E-state index contributed by atoms with van der Waals surface area (Å²) in [5.74, 6) is 1.60. The van der Waals surface area contributed by atoms with Gasteiger partial charge in [0.2, 0.25) is 0 Å². The molecule has 18 nitrogen and oxygen atoms in total. The third kappa shape index (κ3) is 16.0. The van der Waals surface area contributed by atoms with Gasteiger partial charge in [0.1, 0.15) is 24.9 Å². The van der Waals surface area contributed by atoms with Crippen LogP contribution in [0.2, 0.25) is 0 Å². The van der Waals surface area contributed by atoms with E-state index in [0.717, 1.165) is 81.9 Å². The van der Waals surface area contributed by atoms with Crippen molar-refractivity contribution >= 4 is 35.5 Å². The first-order valence-electron chi connectivity index (χ1n) is 18.1. The zero-order valence-electron chi connectivity index (χ0n) is 31.3. The summed E-state index contributed by atoms with van der Waals surface area (Å²) in [6, 6.07) is 18.8. The van der Waals surface area contributed by atoms with Crippen LogP contribution in [0, 0.1) is 0 Å². The van der Waals surface area contributed by atoms with Crippen LogP contribution < -0.4 is 16.4 Å². The third-order valence-corrected chi connectivity index (χ3v) is 8.06. The minimum atomic E-state index is -0.605. The highest BCUT2D eigenvalue weighted by molar-refractivity contribution is 5.84. The van der Waals surface area contributed by atoms with Crippen LogP contribution in [0.3, 0.4) is 0 Å². The number of hydrogen-bond acceptors (Lipinski definition) is 16. The van der Waals surface area contributed by atoms with E-state index < -0.39 is 12.2 Å². The van der Waals surface area contributed by atoms with Crippen molar-refractivity contribution < 1.29 is 33.3 Å². The van der Waals surface area contributed by atoms with Gasteiger partial charge < -0.3 is 24.7 Å². The lowest BCUT2D eigenvalue weighted by Gasteiger charge is -2.25. The molecule has 0 saturated carbocycles. The van der Waals surface area contributed by atoms with Crippen molar-refractivity contribution in [1.82, 2.24) is 39.7 Å². The van der Waals surface area contributed by atoms with Gasteiger partial charge in [0.15, 0.2) is 12.1 Å². The fraction of sp³-hybridized carbons (Fsp3) is 0.308. The van der Waals surface area contributed by atoms with Gasteiger partial charge in [0.05, 0.1) is 93.8 Å². The molecule has 2 fully saturated rings. The van der Waals surface area contributed by atoms with Gasteiger partial charge in [-0.25, -0.2) is 39.5 Å². The largest absolute Gasteiger partial charge is 0.444 e. The highest BCUT2D eigenvalue weighted by atomic mass is 16.6. The molecule has 18 heteroatoms. The number of aldehydes is 1. The highest BCUT2D eigenvalue weighted by Crippen LogP contribution is 2.09. The average Bonchev–Trinajstić information content (AvgIpc) is 3.26. The molecule has 298 valence electrons. The highest BCUT2D eigenvalue weighted by Gasteiger charge is 2.13. The van der Waals surface area contributed by atoms with Gasteiger partial charge in [-0.15, -0.1) is 0 Å². The topological polar surface area (TPSA) is 222 Å². The third-order valence-electron chi connectivity index (χ3n) is 8.06. The van der Waals surface area contributed by atoms with E-state index in [-0.39, 0.29) is 19.0 Å². The maximum atomic E-state index is 11.8. The molecule has 5 heterocycles. The fourth-order valence-electron chi connectivity index (χ4n) is 5.08. The number of anilines is 3. The van der Waals surface area contributed by atoms with Crippen LogP contribution in [0.15, 0.2) is 97.8 Å². The molecule has 0 atom stereocenters. The van der Waals surface area contributed by atoms with Crippen molar-refractivity contribution in [2.75, 3.05) is 69.0 Å². The molecular weight excluding hydrogens is 734 g/mol. The maximum absolute atomic E-state index is 11.8. The predicted octanol–water partition coefficient (Wildman–Crippen LogP) is 3.99. The standard InChI is InChI=1S/C17H20N4O3.C13H11N3O3.C9H14N4O/c22-17(24-13-14-4-2-1-3-5-14)20-15-10-18-16(19-11-15)12-21-6-8-23-9-7-21;17-8-12-14-6-11(7-15-12)16-13(18)19-9-10-4-2-1-3-5-10;10-8-5-11-9(12-6-8)7-13-1-3-14-4-2-13/h1-5,10-11H,6-9,12-13H2,(H,20,22);1-8H,9H2,(H,16,18);5-6H,1-4,7,10H2. The smallest absolute Gasteiger partial charge is 0.412 e. The normalized spacial score (nSPS) is 14.0. The summed E-state index contributed by atoms with van der Waals surface area (Å²) in [5.41, 5.74) is 8.81. The van der Waals surface area contributed by atoms with Gasteiger partial charge in [0.25, 0.3) is 0 Å². The summed E-state index contributed by atoms with van der Waals surface area (Å²) < 4.78 is 20.7. The molecule has 2 saturated heterocycles. The van der Waals surface area contributed by atoms with E-state index in [2.05, 4.69) is 50.3 Å². The molecule has 0 bridgehead atoms. The molecule has 2 amide bonds. The van der Waals surface area contributed by atoms with Crippen LogP contribution in [-0.4, -0.2) is 111 Å². The number of nitrogens with zero attached hydrogens (tertiary/aromatic N) is 8. The van der Waals surface area contributed by atoms with Crippen molar-refractivity contribution in [3.8, 4) is 0 Å². The van der Waals surface area contributed by atoms with E-state index in [1.54, 1.807) is 24.8 Å². The lowest BCUT2D eigenvalue weighted by atomic mass is 10.2. The fourth-order valence-corrected chi connectivity index (χ4v) is 5.08. The zero-order valence-corrected chi connectivity index (χ0v) is 31.3. The maximum Gasteiger partial charge on any atom is 0.412 e. The second-order valence-electron chi connectivity index (χ2n) is 12.4. The Hall–Kier alpha value is -6.47. The number of carbonyl (C=O) groups excluding carboxylic acids is 3. The molecule has 2 aliphatic heterocycles. The van der Waals surface area contributed by atoms with Gasteiger partial charge in [-0.05, 0) is 11.1 Å². The summed E-state index contributed by atoms with van der Waals surface area (Å²) in [4.78, 5) is 62.4. The molecule has 4 N–H and O–H groups in total. The second kappa shape index (κ2) is 23.4. The van der Waals surface area contributed by atoms with E-state index in [1.807, 2.05) is 60.7 Å². The number of amides is 2. The number of hydrogen-bond donors (Lipinski definition) is 3. The number of aromatic nitrogens is 6. The molecule has 0 radical (unpaired) electrons. The molecule has 3 aromatic heterocycles. The molecule has 0 unspecified atom stereocenters. The number of carbonyl (C=O) groups is 3. The van der Waals surface area contributed by atoms with Crippen LogP contribution in [0.1, 0.15) is 33.4 Å². The van der Waals surface area contributed by atoms with Gasteiger partial charge in [-0.1, -0.05) is 60.7 Å². The van der Waals surface area contributed by atoms with Crippen molar-refractivity contribution in [3.63, 3.8) is 0 Å². The SMILES string of the molecule is Nc1cnc(CN2CCOCC2)nc1.O=C(Nc1cnc(CN2CCOCC2)nc1)OCc1ccccc1.O=Cc1ncc(NC(=O)OCc2ccccc2)cn1. The Morgan fingerprint density at radius 3 is 1.40 bits per heavy atom. The molecule has 5 aromatic rings. The Morgan fingerprint density at radius 1 is 0.614 bits per heavy atom. The van der Waals surface area contributed by atoms with Crippen LogP contribution in [0.25, 0.3) is 0 Å². The van der Waals surface area contributed by atoms with E-state index in [1.165, 1.54) is 12.4 Å². The van der Waals surface area contributed by atoms with Gasteiger partial charge >= 0.3 is 12.2 Å². The Kier molecular flexibility index (Phi) is 17.2. The lowest BCUT2D eigenvalue weighted by Crippen LogP contribution is -2.36. The summed E-state index contributed by atoms with van der Waals surface area (Å²) in [5, 5.41) is 5.08. The number of nitrogens with two attached hydrogens (primary N) is 1. The first-order valence-corrected chi connectivity index (χ1v) is 18.1. The first-order chi connectivity index (χ1) is 27.9. The van der Waals surface area contributed by atoms with Crippen molar-refractivity contribution in [3.05, 3.63) is 126 Å². The molecule has 0 aliphatic carbocycles. The zero-order chi connectivity index (χ0) is 39.9. The molecular formula is C39H45N11O7. The van der Waals surface area contributed by atoms with E-state index in [0.29, 0.717) is 29.9 Å². The monoisotopic (exact) mass is 779 g/mol. The van der Waals surface area contributed by atoms with Crippen molar-refractivity contribution in [1.29, 1.82) is 0 Å². The second-order valence-corrected chi connectivity index (χ2v) is 12.4. The summed E-state index contributed by atoms with van der Waals surface area (Å²) in [7, 11) is 0. The van der Waals surface area contributed by atoms with Crippen LogP contribution in [0.5, 0.6) is 0 Å². The lowest BCUT2D eigenvalue weighted by molar-refractivity contribution is 0.0330. The molecule has 0 spiro atoms. The van der Waals surface area contributed by atoms with Gasteiger partial charge in [0, 0.05) is 26.2 Å². The van der Waals surface area contributed by atoms with Crippen LogP contribution >= 0.6 is 0 Å². The van der Waals surface area contributed by atoms with E-state index in [9.17, 15) is 14.4 Å². The molecule has 2 aliphatic rings. The van der Waals surface area contributed by atoms with E-state index in [4.69, 9.17) is 24.7 Å². The predicted molar refractivity (Wildman–Crippen MR) is 209 cm³/mol. The molecule has 2 aromatic carbocycles. The number of rotatable bonds is 11. The molecule has 7 rings (SSSR count). The Bertz CT molecular complexity index is 1920. The minimum absolute atomic E-state index is 0.0585. The number of ether oxygens (including phenoxy) is 4. The average molecular weight is 780 g/mol. The summed E-state index contributed by atoms with van der Waals surface area (Å²) >= 11 is 0. The van der Waals surface area contributed by atoms with Crippen LogP contribution in [0.4, 0.5) is 26.7 Å². The van der Waals surface area contributed by atoms with Gasteiger partial charge in [-0.2, -0.15) is 0 Å². The first kappa shape index (κ1) is 41.7. The number of nitrogen functional groups attached to an aromatic ring is 1. The quantitative estimate of drug-likeness (QED) is 0.161. The Morgan fingerprint density at radius 2 is 1.00 bits per heavy atom. The number of morpholine rings is 2. The number of nitrogens with one attached hydrogen (secondary N) is 2. The number of benzene rings is 2. The van der Waals surface area contributed by atoms with Crippen molar-refractivity contribution in [2.45, 2.75) is 26.3 Å². The summed E-state index contributed by atoms with van der Waals surface area (Å²) in [6.07, 6.45) is 8.53. The van der Waals surface area contributed by atoms with E-state index >= 15 is 0 Å². The summed E-state index contributed by atoms with van der Waals surface area (Å²) in [6.45, 7) is 8.63.